The van der Waals surface area contributed by atoms with Crippen LogP contribution in [0.5, 0.6) is 0 Å². The van der Waals surface area contributed by atoms with E-state index in [1.54, 1.807) is 17.0 Å². The molecule has 1 heterocycles. The minimum atomic E-state index is -0.353. The lowest BCUT2D eigenvalue weighted by atomic mass is 10.2. The number of amides is 2. The minimum Gasteiger partial charge on any atom is -0.338 e. The van der Waals surface area contributed by atoms with Crippen molar-refractivity contribution in [1.29, 1.82) is 0 Å². The van der Waals surface area contributed by atoms with Crippen molar-refractivity contribution in [2.45, 2.75) is 57.7 Å². The van der Waals surface area contributed by atoms with E-state index in [0.29, 0.717) is 23.2 Å². The Kier molecular flexibility index (Phi) is 6.18. The van der Waals surface area contributed by atoms with Crippen LogP contribution in [0.15, 0.2) is 18.2 Å². The molecule has 1 aromatic rings. The van der Waals surface area contributed by atoms with Gasteiger partial charge in [0.05, 0.1) is 6.54 Å². The van der Waals surface area contributed by atoms with Crippen LogP contribution in [-0.4, -0.2) is 47.5 Å². The summed E-state index contributed by atoms with van der Waals surface area (Å²) >= 11 is 6.12. The number of nitrogens with zero attached hydrogens (tertiary/aromatic N) is 2. The average Bonchev–Trinajstić information content (AvgIpc) is 3.26. The smallest absolute Gasteiger partial charge is 0.317 e. The minimum absolute atomic E-state index is 0.115. The topological polar surface area (TPSA) is 35.6 Å². The predicted molar refractivity (Wildman–Crippen MR) is 98.3 cm³/mol. The van der Waals surface area contributed by atoms with Gasteiger partial charge in [0, 0.05) is 29.2 Å². The number of hydrogen-bond donors (Lipinski definition) is 1. The summed E-state index contributed by atoms with van der Waals surface area (Å²) in [5.74, 6) is -0.353. The summed E-state index contributed by atoms with van der Waals surface area (Å²) in [6.07, 6.45) is 5.43. The summed E-state index contributed by atoms with van der Waals surface area (Å²) in [4.78, 5) is 16.8. The molecule has 2 amide bonds. The van der Waals surface area contributed by atoms with Crippen molar-refractivity contribution in [3.63, 3.8) is 0 Å². The Hall–Kier alpha value is -1.33. The molecule has 2 aliphatic rings. The maximum absolute atomic E-state index is 14.0. The fourth-order valence-corrected chi connectivity index (χ4v) is 3.68. The predicted octanol–water partition coefficient (Wildman–Crippen LogP) is 4.03. The molecule has 1 saturated carbocycles. The highest BCUT2D eigenvalue weighted by atomic mass is 35.5. The van der Waals surface area contributed by atoms with Crippen LogP contribution in [0.25, 0.3) is 0 Å². The van der Waals surface area contributed by atoms with Crippen LogP contribution in [0, 0.1) is 5.82 Å². The number of rotatable bonds is 7. The van der Waals surface area contributed by atoms with E-state index in [4.69, 9.17) is 11.6 Å². The molecule has 1 N–H and O–H groups in total. The standard InChI is InChI=1S/C19H27ClFN3O/c1-14(23-11-2-3-12-23)9-10-22-19(25)24(15-7-8-15)13-16-17(20)5-4-6-18(16)21/h4-6,14-15H,2-3,7-13H2,1H3,(H,22,25)/t14-/m0/s1. The van der Waals surface area contributed by atoms with E-state index < -0.39 is 0 Å². The van der Waals surface area contributed by atoms with Crippen molar-refractivity contribution in [3.05, 3.63) is 34.6 Å². The van der Waals surface area contributed by atoms with Crippen molar-refractivity contribution >= 4 is 17.6 Å². The lowest BCUT2D eigenvalue weighted by Gasteiger charge is -2.26. The van der Waals surface area contributed by atoms with Gasteiger partial charge in [-0.3, -0.25) is 0 Å². The highest BCUT2D eigenvalue weighted by molar-refractivity contribution is 6.31. The highest BCUT2D eigenvalue weighted by Gasteiger charge is 2.33. The number of urea groups is 1. The molecule has 6 heteroatoms. The summed E-state index contributed by atoms with van der Waals surface area (Å²) in [5.41, 5.74) is 0.400. The van der Waals surface area contributed by atoms with E-state index in [2.05, 4.69) is 17.1 Å². The molecular weight excluding hydrogens is 341 g/mol. The molecular formula is C19H27ClFN3O. The Bertz CT molecular complexity index is 582. The van der Waals surface area contributed by atoms with Crippen LogP contribution in [0.2, 0.25) is 5.02 Å². The van der Waals surface area contributed by atoms with Crippen molar-refractivity contribution in [2.24, 2.45) is 0 Å². The van der Waals surface area contributed by atoms with Gasteiger partial charge < -0.3 is 15.1 Å². The van der Waals surface area contributed by atoms with Crippen LogP contribution in [0.3, 0.4) is 0 Å². The summed E-state index contributed by atoms with van der Waals surface area (Å²) in [6, 6.07) is 5.21. The summed E-state index contributed by atoms with van der Waals surface area (Å²) < 4.78 is 14.0. The molecule has 3 rings (SSSR count). The third kappa shape index (κ3) is 4.85. The Morgan fingerprint density at radius 3 is 2.76 bits per heavy atom. The first-order chi connectivity index (χ1) is 12.1. The van der Waals surface area contributed by atoms with Crippen molar-refractivity contribution < 1.29 is 9.18 Å². The Balaban J connectivity index is 1.53. The number of benzene rings is 1. The number of likely N-dealkylation sites (tertiary alicyclic amines) is 1. The van der Waals surface area contributed by atoms with Gasteiger partial charge in [0.2, 0.25) is 0 Å². The second-order valence-electron chi connectivity index (χ2n) is 7.17. The van der Waals surface area contributed by atoms with Crippen LogP contribution < -0.4 is 5.32 Å². The molecule has 1 saturated heterocycles. The van der Waals surface area contributed by atoms with Crippen LogP contribution in [0.4, 0.5) is 9.18 Å². The molecule has 0 bridgehead atoms. The van der Waals surface area contributed by atoms with Gasteiger partial charge in [0.1, 0.15) is 5.82 Å². The van der Waals surface area contributed by atoms with Gasteiger partial charge in [-0.15, -0.1) is 0 Å². The third-order valence-electron chi connectivity index (χ3n) is 5.24. The first-order valence-corrected chi connectivity index (χ1v) is 9.65. The van der Waals surface area contributed by atoms with E-state index in [1.807, 2.05) is 0 Å². The van der Waals surface area contributed by atoms with Crippen molar-refractivity contribution in [1.82, 2.24) is 15.1 Å². The zero-order valence-electron chi connectivity index (χ0n) is 14.8. The lowest BCUT2D eigenvalue weighted by molar-refractivity contribution is 0.188. The third-order valence-corrected chi connectivity index (χ3v) is 5.60. The van der Waals surface area contributed by atoms with Crippen LogP contribution >= 0.6 is 11.6 Å². The zero-order valence-corrected chi connectivity index (χ0v) is 15.6. The van der Waals surface area contributed by atoms with Gasteiger partial charge in [-0.25, -0.2) is 9.18 Å². The maximum atomic E-state index is 14.0. The first-order valence-electron chi connectivity index (χ1n) is 9.27. The van der Waals surface area contributed by atoms with E-state index in [0.717, 1.165) is 32.4 Å². The summed E-state index contributed by atoms with van der Waals surface area (Å²) in [6.45, 7) is 5.41. The van der Waals surface area contributed by atoms with Crippen LogP contribution in [-0.2, 0) is 6.54 Å². The van der Waals surface area contributed by atoms with Crippen molar-refractivity contribution in [3.8, 4) is 0 Å². The zero-order chi connectivity index (χ0) is 17.8. The molecule has 1 aliphatic carbocycles. The van der Waals surface area contributed by atoms with Gasteiger partial charge in [-0.2, -0.15) is 0 Å². The Labute approximate surface area is 154 Å². The second-order valence-corrected chi connectivity index (χ2v) is 7.58. The fraction of sp³-hybridized carbons (Fsp3) is 0.632. The number of hydrogen-bond acceptors (Lipinski definition) is 2. The fourth-order valence-electron chi connectivity index (χ4n) is 3.46. The molecule has 4 nitrogen and oxygen atoms in total. The van der Waals surface area contributed by atoms with Gasteiger partial charge in [-0.05, 0) is 64.3 Å². The maximum Gasteiger partial charge on any atom is 0.317 e. The second kappa shape index (κ2) is 8.37. The van der Waals surface area contributed by atoms with E-state index in [-0.39, 0.29) is 24.4 Å². The molecule has 1 aliphatic heterocycles. The first kappa shape index (κ1) is 18.5. The molecule has 25 heavy (non-hydrogen) atoms. The van der Waals surface area contributed by atoms with E-state index in [1.165, 1.54) is 18.9 Å². The normalized spacial score (nSPS) is 19.0. The number of carbonyl (C=O) groups is 1. The molecule has 1 aromatic carbocycles. The van der Waals surface area contributed by atoms with Crippen LogP contribution in [0.1, 0.15) is 44.6 Å². The molecule has 0 aromatic heterocycles. The quantitative estimate of drug-likeness (QED) is 0.789. The molecule has 2 fully saturated rings. The SMILES string of the molecule is C[C@@H](CCNC(=O)N(Cc1c(F)cccc1Cl)C1CC1)N1CCCC1. The molecule has 0 spiro atoms. The number of carbonyl (C=O) groups excluding carboxylic acids is 1. The van der Waals surface area contributed by atoms with E-state index in [9.17, 15) is 9.18 Å². The van der Waals surface area contributed by atoms with Gasteiger partial charge >= 0.3 is 6.03 Å². The Morgan fingerprint density at radius 2 is 2.12 bits per heavy atom. The number of halogens is 2. The molecule has 0 unspecified atom stereocenters. The molecule has 1 atom stereocenters. The number of nitrogens with one attached hydrogen (secondary N) is 1. The van der Waals surface area contributed by atoms with Gasteiger partial charge in [0.25, 0.3) is 0 Å². The van der Waals surface area contributed by atoms with Crippen molar-refractivity contribution in [2.75, 3.05) is 19.6 Å². The van der Waals surface area contributed by atoms with E-state index >= 15 is 0 Å². The molecule has 138 valence electrons. The lowest BCUT2D eigenvalue weighted by Crippen LogP contribution is -2.43. The van der Waals surface area contributed by atoms with Gasteiger partial charge in [-0.1, -0.05) is 17.7 Å². The van der Waals surface area contributed by atoms with Gasteiger partial charge in [0.15, 0.2) is 0 Å². The molecule has 0 radical (unpaired) electrons. The summed E-state index contributed by atoms with van der Waals surface area (Å²) in [7, 11) is 0. The monoisotopic (exact) mass is 367 g/mol. The largest absolute Gasteiger partial charge is 0.338 e. The Morgan fingerprint density at radius 1 is 1.40 bits per heavy atom. The summed E-state index contributed by atoms with van der Waals surface area (Å²) in [5, 5.41) is 3.39. The average molecular weight is 368 g/mol. The highest BCUT2D eigenvalue weighted by Crippen LogP contribution is 2.30.